The predicted octanol–water partition coefficient (Wildman–Crippen LogP) is 2.43. The van der Waals surface area contributed by atoms with Crippen LogP contribution in [0.15, 0.2) is 34.9 Å². The quantitative estimate of drug-likeness (QED) is 0.731. The van der Waals surface area contributed by atoms with Crippen molar-refractivity contribution in [3.63, 3.8) is 0 Å². The largest absolute Gasteiger partial charge is 0.334 e. The van der Waals surface area contributed by atoms with Crippen LogP contribution in [-0.4, -0.2) is 10.1 Å². The summed E-state index contributed by atoms with van der Waals surface area (Å²) in [5, 5.41) is 3.72. The Morgan fingerprint density at radius 3 is 2.62 bits per heavy atom. The third-order valence-corrected chi connectivity index (χ3v) is 1.88. The molecule has 0 amide bonds. The molecule has 0 N–H and O–H groups in total. The third-order valence-electron chi connectivity index (χ3n) is 1.62. The standard InChI is InChI=1S/C9H7N2OS/c13-6-8-10-9(12-11-8)7-4-2-1-3-5-7/h1-5H,6H2. The lowest BCUT2D eigenvalue weighted by molar-refractivity contribution is 0.425. The van der Waals surface area contributed by atoms with Gasteiger partial charge in [-0.3, -0.25) is 0 Å². The molecule has 1 aromatic heterocycles. The first-order valence-electron chi connectivity index (χ1n) is 3.86. The highest BCUT2D eigenvalue weighted by Gasteiger charge is 2.05. The summed E-state index contributed by atoms with van der Waals surface area (Å²) in [4.78, 5) is 4.12. The molecule has 0 unspecified atom stereocenters. The maximum Gasteiger partial charge on any atom is 0.257 e. The van der Waals surface area contributed by atoms with Crippen molar-refractivity contribution in [3.05, 3.63) is 36.2 Å². The number of hydrogen-bond acceptors (Lipinski definition) is 3. The summed E-state index contributed by atoms with van der Waals surface area (Å²) in [5.74, 6) is 1.48. The molecule has 1 aromatic carbocycles. The van der Waals surface area contributed by atoms with Gasteiger partial charge in [-0.05, 0) is 12.1 Å². The van der Waals surface area contributed by atoms with Crippen LogP contribution in [0.4, 0.5) is 0 Å². The second kappa shape index (κ2) is 3.62. The molecule has 0 saturated carbocycles. The van der Waals surface area contributed by atoms with Crippen LogP contribution in [0.3, 0.4) is 0 Å². The molecule has 0 aliphatic rings. The Morgan fingerprint density at radius 1 is 1.23 bits per heavy atom. The molecule has 0 spiro atoms. The van der Waals surface area contributed by atoms with Crippen LogP contribution >= 0.6 is 12.6 Å². The Balaban J connectivity index is 2.36. The van der Waals surface area contributed by atoms with E-state index >= 15 is 0 Å². The Labute approximate surface area is 81.2 Å². The lowest BCUT2D eigenvalue weighted by atomic mass is 10.2. The van der Waals surface area contributed by atoms with E-state index in [1.807, 2.05) is 30.3 Å². The van der Waals surface area contributed by atoms with Gasteiger partial charge in [-0.1, -0.05) is 36.0 Å². The second-order valence-electron chi connectivity index (χ2n) is 2.53. The molecule has 3 nitrogen and oxygen atoms in total. The highest BCUT2D eigenvalue weighted by atomic mass is 32.1. The lowest BCUT2D eigenvalue weighted by Crippen LogP contribution is -1.80. The summed E-state index contributed by atoms with van der Waals surface area (Å²) in [6, 6.07) is 9.62. The van der Waals surface area contributed by atoms with Gasteiger partial charge in [0.2, 0.25) is 0 Å². The van der Waals surface area contributed by atoms with Crippen molar-refractivity contribution >= 4 is 12.6 Å². The Hall–Kier alpha value is -1.29. The van der Waals surface area contributed by atoms with Crippen LogP contribution in [0.2, 0.25) is 0 Å². The van der Waals surface area contributed by atoms with Crippen LogP contribution in [-0.2, 0) is 5.75 Å². The first kappa shape index (κ1) is 8.31. The van der Waals surface area contributed by atoms with E-state index in [1.165, 1.54) is 0 Å². The fourth-order valence-electron chi connectivity index (χ4n) is 1.01. The fourth-order valence-corrected chi connectivity index (χ4v) is 1.13. The molecular weight excluding hydrogens is 184 g/mol. The van der Waals surface area contributed by atoms with Gasteiger partial charge in [0, 0.05) is 5.56 Å². The minimum atomic E-state index is 0.385. The minimum absolute atomic E-state index is 0.385. The van der Waals surface area contributed by atoms with Gasteiger partial charge >= 0.3 is 0 Å². The lowest BCUT2D eigenvalue weighted by Gasteiger charge is -1.89. The van der Waals surface area contributed by atoms with Gasteiger partial charge in [0.15, 0.2) is 5.82 Å². The van der Waals surface area contributed by atoms with Gasteiger partial charge in [0.05, 0.1) is 5.75 Å². The Morgan fingerprint density at radius 2 is 2.00 bits per heavy atom. The molecular formula is C9H7N2OS. The fraction of sp³-hybridized carbons (Fsp3) is 0.111. The molecule has 1 radical (unpaired) electrons. The molecule has 0 atom stereocenters. The third kappa shape index (κ3) is 1.72. The van der Waals surface area contributed by atoms with E-state index in [9.17, 15) is 0 Å². The summed E-state index contributed by atoms with van der Waals surface area (Å²) in [6.45, 7) is 0. The van der Waals surface area contributed by atoms with E-state index in [2.05, 4.69) is 10.1 Å². The average molecular weight is 191 g/mol. The summed E-state index contributed by atoms with van der Waals surface area (Å²) < 4.78 is 5.01. The predicted molar refractivity (Wildman–Crippen MR) is 51.0 cm³/mol. The highest BCUT2D eigenvalue weighted by Crippen LogP contribution is 2.16. The van der Waals surface area contributed by atoms with Gasteiger partial charge in [0.25, 0.3) is 5.89 Å². The van der Waals surface area contributed by atoms with E-state index in [0.717, 1.165) is 5.56 Å². The molecule has 0 saturated heterocycles. The second-order valence-corrected chi connectivity index (χ2v) is 2.81. The van der Waals surface area contributed by atoms with Crippen molar-refractivity contribution in [2.24, 2.45) is 0 Å². The van der Waals surface area contributed by atoms with Crippen LogP contribution in [0.5, 0.6) is 0 Å². The maximum absolute atomic E-state index is 5.01. The van der Waals surface area contributed by atoms with Crippen LogP contribution in [0, 0.1) is 0 Å². The SMILES string of the molecule is [S]Cc1noc(-c2ccccc2)n1. The molecule has 65 valence electrons. The number of nitrogens with zero attached hydrogens (tertiary/aromatic N) is 2. The van der Waals surface area contributed by atoms with E-state index in [4.69, 9.17) is 17.2 Å². The van der Waals surface area contributed by atoms with E-state index in [-0.39, 0.29) is 0 Å². The van der Waals surface area contributed by atoms with Crippen molar-refractivity contribution in [1.29, 1.82) is 0 Å². The Bertz CT molecular complexity index is 386. The summed E-state index contributed by atoms with van der Waals surface area (Å²) >= 11 is 4.80. The van der Waals surface area contributed by atoms with Gasteiger partial charge in [-0.2, -0.15) is 4.98 Å². The maximum atomic E-state index is 5.01. The number of hydrogen-bond donors (Lipinski definition) is 0. The van der Waals surface area contributed by atoms with Crippen molar-refractivity contribution < 1.29 is 4.52 Å². The molecule has 2 rings (SSSR count). The first-order valence-corrected chi connectivity index (χ1v) is 4.44. The molecule has 0 aliphatic heterocycles. The molecule has 1 heterocycles. The van der Waals surface area contributed by atoms with Crippen molar-refractivity contribution in [3.8, 4) is 11.5 Å². The molecule has 0 bridgehead atoms. The smallest absolute Gasteiger partial charge is 0.257 e. The molecule has 0 fully saturated rings. The summed E-state index contributed by atoms with van der Waals surface area (Å²) in [5.41, 5.74) is 0.921. The van der Waals surface area contributed by atoms with Gasteiger partial charge in [-0.25, -0.2) is 0 Å². The molecule has 2 aromatic rings. The summed E-state index contributed by atoms with van der Waals surface area (Å²) in [7, 11) is 0. The first-order chi connectivity index (χ1) is 6.40. The van der Waals surface area contributed by atoms with Crippen LogP contribution in [0.25, 0.3) is 11.5 Å². The monoisotopic (exact) mass is 191 g/mol. The van der Waals surface area contributed by atoms with E-state index in [0.29, 0.717) is 17.5 Å². The minimum Gasteiger partial charge on any atom is -0.334 e. The molecule has 13 heavy (non-hydrogen) atoms. The Kier molecular flexibility index (Phi) is 2.31. The number of aromatic nitrogens is 2. The zero-order valence-corrected chi connectivity index (χ0v) is 7.62. The van der Waals surface area contributed by atoms with Gasteiger partial charge in [-0.15, -0.1) is 0 Å². The number of benzene rings is 1. The van der Waals surface area contributed by atoms with Gasteiger partial charge < -0.3 is 4.52 Å². The zero-order chi connectivity index (χ0) is 9.10. The average Bonchev–Trinajstić information content (AvgIpc) is 2.67. The molecule has 0 aliphatic carbocycles. The van der Waals surface area contributed by atoms with E-state index < -0.39 is 0 Å². The van der Waals surface area contributed by atoms with Crippen molar-refractivity contribution in [2.75, 3.05) is 0 Å². The van der Waals surface area contributed by atoms with Crippen molar-refractivity contribution in [1.82, 2.24) is 10.1 Å². The van der Waals surface area contributed by atoms with Crippen molar-refractivity contribution in [2.45, 2.75) is 5.75 Å². The van der Waals surface area contributed by atoms with Gasteiger partial charge in [0.1, 0.15) is 0 Å². The zero-order valence-electron chi connectivity index (χ0n) is 6.80. The topological polar surface area (TPSA) is 38.9 Å². The summed E-state index contributed by atoms with van der Waals surface area (Å²) in [6.07, 6.45) is 0. The normalized spacial score (nSPS) is 10.2. The van der Waals surface area contributed by atoms with E-state index in [1.54, 1.807) is 0 Å². The highest BCUT2D eigenvalue weighted by molar-refractivity contribution is 7.79. The van der Waals surface area contributed by atoms with Crippen LogP contribution in [0.1, 0.15) is 5.82 Å². The molecule has 4 heteroatoms. The van der Waals surface area contributed by atoms with Crippen LogP contribution < -0.4 is 0 Å². The number of rotatable bonds is 2.